The molecule has 1 aromatic carbocycles. The molecule has 1 N–H and O–H groups in total. The van der Waals surface area contributed by atoms with Crippen molar-refractivity contribution in [3.63, 3.8) is 0 Å². The normalized spacial score (nSPS) is 10.3. The van der Waals surface area contributed by atoms with E-state index >= 15 is 0 Å². The van der Waals surface area contributed by atoms with E-state index < -0.39 is 4.92 Å². The van der Waals surface area contributed by atoms with Crippen LogP contribution in [0.3, 0.4) is 0 Å². The minimum absolute atomic E-state index is 0.0728. The van der Waals surface area contributed by atoms with Gasteiger partial charge in [-0.25, -0.2) is 0 Å². The van der Waals surface area contributed by atoms with E-state index in [0.717, 1.165) is 5.56 Å². The van der Waals surface area contributed by atoms with E-state index in [-0.39, 0.29) is 12.5 Å². The van der Waals surface area contributed by atoms with Crippen LogP contribution in [0.25, 0.3) is 11.3 Å². The number of hydrogen-bond donors (Lipinski definition) is 1. The Morgan fingerprint density at radius 1 is 1.31 bits per heavy atom. The quantitative estimate of drug-likeness (QED) is 0.634. The van der Waals surface area contributed by atoms with Crippen LogP contribution in [0.2, 0.25) is 0 Å². The van der Waals surface area contributed by atoms with E-state index in [1.165, 1.54) is 12.1 Å². The van der Waals surface area contributed by atoms with Gasteiger partial charge in [0.05, 0.1) is 12.7 Å². The third-order valence-electron chi connectivity index (χ3n) is 2.17. The molecule has 5 heteroatoms. The third kappa shape index (κ3) is 1.94. The third-order valence-corrected chi connectivity index (χ3v) is 2.17. The highest BCUT2D eigenvalue weighted by molar-refractivity contribution is 5.59. The molecule has 82 valence electrons. The summed E-state index contributed by atoms with van der Waals surface area (Å²) in [5, 5.41) is 19.4. The van der Waals surface area contributed by atoms with E-state index in [2.05, 4.69) is 0 Å². The maximum Gasteiger partial charge on any atom is 0.433 e. The van der Waals surface area contributed by atoms with Crippen LogP contribution in [0.4, 0.5) is 5.88 Å². The molecule has 0 spiro atoms. The highest BCUT2D eigenvalue weighted by Gasteiger charge is 2.12. The van der Waals surface area contributed by atoms with Gasteiger partial charge in [0.1, 0.15) is 10.7 Å². The summed E-state index contributed by atoms with van der Waals surface area (Å²) in [7, 11) is 0. The van der Waals surface area contributed by atoms with Gasteiger partial charge in [0.2, 0.25) is 0 Å². The van der Waals surface area contributed by atoms with Crippen molar-refractivity contribution in [1.82, 2.24) is 0 Å². The first-order valence-corrected chi connectivity index (χ1v) is 4.65. The maximum atomic E-state index is 10.4. The van der Waals surface area contributed by atoms with E-state index in [1.807, 2.05) is 0 Å². The average molecular weight is 219 g/mol. The average Bonchev–Trinajstić information content (AvgIpc) is 2.78. The molecule has 0 saturated carbocycles. The van der Waals surface area contributed by atoms with Gasteiger partial charge in [0.15, 0.2) is 0 Å². The van der Waals surface area contributed by atoms with Gasteiger partial charge >= 0.3 is 5.88 Å². The van der Waals surface area contributed by atoms with Gasteiger partial charge in [0.25, 0.3) is 0 Å². The largest absolute Gasteiger partial charge is 0.433 e. The Bertz CT molecular complexity index is 518. The predicted octanol–water partition coefficient (Wildman–Crippen LogP) is 2.35. The Morgan fingerprint density at radius 3 is 2.75 bits per heavy atom. The summed E-state index contributed by atoms with van der Waals surface area (Å²) >= 11 is 0. The monoisotopic (exact) mass is 219 g/mol. The number of nitro groups is 1. The molecule has 0 radical (unpaired) electrons. The molecule has 2 rings (SSSR count). The van der Waals surface area contributed by atoms with Crippen molar-refractivity contribution in [2.24, 2.45) is 0 Å². The zero-order valence-corrected chi connectivity index (χ0v) is 8.29. The second-order valence-corrected chi connectivity index (χ2v) is 3.25. The van der Waals surface area contributed by atoms with E-state index in [1.54, 1.807) is 24.3 Å². The Morgan fingerprint density at radius 2 is 2.12 bits per heavy atom. The minimum Gasteiger partial charge on any atom is -0.401 e. The molecule has 2 aromatic rings. The van der Waals surface area contributed by atoms with Crippen LogP contribution in [0.1, 0.15) is 5.56 Å². The lowest BCUT2D eigenvalue weighted by Gasteiger charge is -1.99. The minimum atomic E-state index is -0.584. The molecule has 0 amide bonds. The standard InChI is InChI=1S/C11H9NO4/c13-7-8-2-1-3-9(6-8)10-4-5-11(16-10)12(14)15/h1-6,13H,7H2. The molecule has 0 aliphatic heterocycles. The molecule has 0 saturated heterocycles. The van der Waals surface area contributed by atoms with Crippen molar-refractivity contribution < 1.29 is 14.4 Å². The van der Waals surface area contributed by atoms with Crippen molar-refractivity contribution in [3.05, 3.63) is 52.1 Å². The fraction of sp³-hybridized carbons (Fsp3) is 0.0909. The first-order valence-electron chi connectivity index (χ1n) is 4.65. The van der Waals surface area contributed by atoms with Gasteiger partial charge in [0, 0.05) is 5.56 Å². The maximum absolute atomic E-state index is 10.4. The molecule has 0 fully saturated rings. The number of aliphatic hydroxyl groups is 1. The number of furan rings is 1. The molecule has 0 bridgehead atoms. The molecule has 0 unspecified atom stereocenters. The van der Waals surface area contributed by atoms with Gasteiger partial charge in [-0.15, -0.1) is 0 Å². The molecule has 1 aromatic heterocycles. The van der Waals surface area contributed by atoms with Gasteiger partial charge in [-0.1, -0.05) is 18.2 Å². The van der Waals surface area contributed by atoms with Crippen LogP contribution in [0.5, 0.6) is 0 Å². The van der Waals surface area contributed by atoms with Gasteiger partial charge in [-0.2, -0.15) is 0 Å². The lowest BCUT2D eigenvalue weighted by atomic mass is 10.1. The number of nitrogens with zero attached hydrogens (tertiary/aromatic N) is 1. The molecule has 16 heavy (non-hydrogen) atoms. The van der Waals surface area contributed by atoms with E-state index in [4.69, 9.17) is 9.52 Å². The summed E-state index contributed by atoms with van der Waals surface area (Å²) in [4.78, 5) is 9.86. The number of benzene rings is 1. The lowest BCUT2D eigenvalue weighted by Crippen LogP contribution is -1.84. The van der Waals surface area contributed by atoms with Crippen LogP contribution in [0.15, 0.2) is 40.8 Å². The number of hydrogen-bond acceptors (Lipinski definition) is 4. The van der Waals surface area contributed by atoms with Crippen molar-refractivity contribution in [1.29, 1.82) is 0 Å². The molecule has 1 heterocycles. The van der Waals surface area contributed by atoms with Crippen LogP contribution >= 0.6 is 0 Å². The summed E-state index contributed by atoms with van der Waals surface area (Å²) in [6, 6.07) is 9.86. The first-order chi connectivity index (χ1) is 7.70. The molecular weight excluding hydrogens is 210 g/mol. The van der Waals surface area contributed by atoms with Gasteiger partial charge < -0.3 is 9.52 Å². The zero-order valence-electron chi connectivity index (χ0n) is 8.29. The molecular formula is C11H9NO4. The Labute approximate surface area is 91.1 Å². The van der Waals surface area contributed by atoms with Crippen molar-refractivity contribution in [2.75, 3.05) is 0 Å². The molecule has 0 aliphatic rings. The number of rotatable bonds is 3. The Hall–Kier alpha value is -2.14. The Kier molecular flexibility index (Phi) is 2.70. The second kappa shape index (κ2) is 4.16. The zero-order chi connectivity index (χ0) is 11.5. The predicted molar refractivity (Wildman–Crippen MR) is 56.7 cm³/mol. The molecule has 5 nitrogen and oxygen atoms in total. The fourth-order valence-corrected chi connectivity index (χ4v) is 1.40. The van der Waals surface area contributed by atoms with E-state index in [9.17, 15) is 10.1 Å². The molecule has 0 aliphatic carbocycles. The smallest absolute Gasteiger partial charge is 0.401 e. The topological polar surface area (TPSA) is 76.5 Å². The van der Waals surface area contributed by atoms with Crippen LogP contribution < -0.4 is 0 Å². The molecule has 0 atom stereocenters. The van der Waals surface area contributed by atoms with Crippen LogP contribution in [-0.4, -0.2) is 10.0 Å². The highest BCUT2D eigenvalue weighted by atomic mass is 16.6. The number of aliphatic hydroxyl groups excluding tert-OH is 1. The Balaban J connectivity index is 2.38. The lowest BCUT2D eigenvalue weighted by molar-refractivity contribution is -0.401. The summed E-state index contributed by atoms with van der Waals surface area (Å²) in [6.07, 6.45) is 0. The first kappa shape index (κ1) is 10.4. The SMILES string of the molecule is O=[N+]([O-])c1ccc(-c2cccc(CO)c2)o1. The van der Waals surface area contributed by atoms with Crippen molar-refractivity contribution in [2.45, 2.75) is 6.61 Å². The van der Waals surface area contributed by atoms with Crippen LogP contribution in [-0.2, 0) is 6.61 Å². The van der Waals surface area contributed by atoms with Crippen molar-refractivity contribution in [3.8, 4) is 11.3 Å². The summed E-state index contributed by atoms with van der Waals surface area (Å²) < 4.78 is 5.05. The highest BCUT2D eigenvalue weighted by Crippen LogP contribution is 2.26. The van der Waals surface area contributed by atoms with Crippen molar-refractivity contribution >= 4 is 5.88 Å². The van der Waals surface area contributed by atoms with Crippen LogP contribution in [0, 0.1) is 10.1 Å². The summed E-state index contributed by atoms with van der Waals surface area (Å²) in [6.45, 7) is -0.0728. The summed E-state index contributed by atoms with van der Waals surface area (Å²) in [5.41, 5.74) is 1.44. The fourth-order valence-electron chi connectivity index (χ4n) is 1.40. The van der Waals surface area contributed by atoms with Gasteiger partial charge in [-0.3, -0.25) is 10.1 Å². The van der Waals surface area contributed by atoms with E-state index in [0.29, 0.717) is 11.3 Å². The second-order valence-electron chi connectivity index (χ2n) is 3.25. The summed E-state index contributed by atoms with van der Waals surface area (Å²) in [5.74, 6) is 0.131. The van der Waals surface area contributed by atoms with Gasteiger partial charge in [-0.05, 0) is 17.7 Å².